The maximum absolute atomic E-state index is 12.8. The van der Waals surface area contributed by atoms with Gasteiger partial charge in [0.15, 0.2) is 0 Å². The summed E-state index contributed by atoms with van der Waals surface area (Å²) in [6.07, 6.45) is 1.82. The quantitative estimate of drug-likeness (QED) is 0.233. The van der Waals surface area contributed by atoms with Crippen molar-refractivity contribution in [1.82, 2.24) is 0 Å². The van der Waals surface area contributed by atoms with Crippen LogP contribution in [0.1, 0.15) is 0 Å². The summed E-state index contributed by atoms with van der Waals surface area (Å²) < 4.78 is 34.7. The Labute approximate surface area is 208 Å². The monoisotopic (exact) mass is 552 g/mol. The van der Waals surface area contributed by atoms with Gasteiger partial charge in [0, 0.05) is 0 Å². The van der Waals surface area contributed by atoms with Crippen molar-refractivity contribution in [1.29, 1.82) is 0 Å². The molecule has 6 heteroatoms. The van der Waals surface area contributed by atoms with E-state index in [0.717, 1.165) is 15.8 Å². The molecule has 0 saturated carbocycles. The molecule has 0 bridgehead atoms. The van der Waals surface area contributed by atoms with Crippen molar-refractivity contribution in [3.05, 3.63) is 121 Å². The summed E-state index contributed by atoms with van der Waals surface area (Å²) in [6, 6.07) is 41.2. The van der Waals surface area contributed by atoms with Gasteiger partial charge in [-0.15, -0.1) is 0 Å². The summed E-state index contributed by atoms with van der Waals surface area (Å²) >= 11 is -1.74. The van der Waals surface area contributed by atoms with Crippen LogP contribution in [0.15, 0.2) is 121 Å². The van der Waals surface area contributed by atoms with Crippen LogP contribution in [-0.2, 0) is 14.1 Å². The molecule has 0 atom stereocenters. The zero-order valence-corrected chi connectivity index (χ0v) is 23.1. The van der Waals surface area contributed by atoms with Crippen LogP contribution in [0.3, 0.4) is 0 Å². The van der Waals surface area contributed by atoms with E-state index in [1.807, 2.05) is 72.8 Å². The Hall–Kier alpha value is -2.22. The van der Waals surface area contributed by atoms with Gasteiger partial charge < -0.3 is 0 Å². The van der Waals surface area contributed by atoms with E-state index in [1.165, 1.54) is 15.0 Å². The first-order valence-electron chi connectivity index (χ1n) is 11.2. The van der Waals surface area contributed by atoms with Gasteiger partial charge in [0.2, 0.25) is 0 Å². The third-order valence-corrected chi connectivity index (χ3v) is 19.5. The molecule has 3 nitrogen and oxygen atoms in total. The van der Waals surface area contributed by atoms with Crippen molar-refractivity contribution < 1.29 is 12.4 Å². The van der Waals surface area contributed by atoms with Crippen molar-refractivity contribution >= 4 is 50.9 Å². The van der Waals surface area contributed by atoms with Crippen LogP contribution in [-0.4, -0.2) is 42.2 Å². The first-order valence-corrected chi connectivity index (χ1v) is 19.0. The van der Waals surface area contributed by atoms with Crippen LogP contribution in [0.25, 0.3) is 0 Å². The van der Waals surface area contributed by atoms with E-state index in [-0.39, 0.29) is 0 Å². The molecule has 0 aliphatic carbocycles. The third kappa shape index (κ3) is 5.37. The Morgan fingerprint density at radius 2 is 1.00 bits per heavy atom. The van der Waals surface area contributed by atoms with Crippen LogP contribution >= 0.6 is 6.83 Å². The van der Waals surface area contributed by atoms with E-state index < -0.39 is 31.6 Å². The fourth-order valence-corrected chi connectivity index (χ4v) is 20.0. The minimum atomic E-state index is -3.74. The third-order valence-electron chi connectivity index (χ3n) is 6.20. The van der Waals surface area contributed by atoms with Crippen LogP contribution in [0.2, 0.25) is 5.21 Å². The van der Waals surface area contributed by atoms with E-state index in [0.29, 0.717) is 6.16 Å². The molecular weight excluding hydrogens is 522 g/mol. The molecule has 0 amide bonds. The second-order valence-corrected chi connectivity index (χ2v) is 20.4. The van der Waals surface area contributed by atoms with E-state index in [4.69, 9.17) is 3.97 Å². The Morgan fingerprint density at radius 3 is 1.35 bits per heavy atom. The maximum atomic E-state index is 12.8. The first kappa shape index (κ1) is 24.9. The van der Waals surface area contributed by atoms with Crippen LogP contribution in [0.5, 0.6) is 0 Å². The van der Waals surface area contributed by atoms with Crippen LogP contribution < -0.4 is 19.3 Å². The molecule has 4 aromatic rings. The Balaban J connectivity index is 1.89. The van der Waals surface area contributed by atoms with Crippen molar-refractivity contribution in [3.8, 4) is 0 Å². The standard InChI is InChI=1S/C28H30AsO3PS/c1-33(32-34(2,30)31,27-19-11-5-12-20-27,28-21-13-6-14-22-28)24-23-29(25-15-7-3-8-16-25)26-17-9-4-10-18-26/h3-22H,23-24H2,1-2H3. The number of benzene rings is 4. The first-order chi connectivity index (χ1) is 16.3. The Kier molecular flexibility index (Phi) is 7.45. The zero-order valence-electron chi connectivity index (χ0n) is 19.5. The molecule has 4 rings (SSSR count). The number of hydrogen-bond acceptors (Lipinski definition) is 3. The molecule has 0 unspecified atom stereocenters. The van der Waals surface area contributed by atoms with E-state index in [1.54, 1.807) is 0 Å². The van der Waals surface area contributed by atoms with Gasteiger partial charge in [-0.2, -0.15) is 0 Å². The molecule has 0 aromatic heterocycles. The fraction of sp³-hybridized carbons (Fsp3) is 0.143. The fourth-order valence-electron chi connectivity index (χ4n) is 4.50. The van der Waals surface area contributed by atoms with E-state index >= 15 is 0 Å². The summed E-state index contributed by atoms with van der Waals surface area (Å²) in [5.74, 6) is 0. The van der Waals surface area contributed by atoms with Crippen molar-refractivity contribution in [2.75, 3.05) is 19.1 Å². The molecule has 176 valence electrons. The predicted molar refractivity (Wildman–Crippen MR) is 149 cm³/mol. The van der Waals surface area contributed by atoms with Gasteiger partial charge >= 0.3 is 209 Å². The van der Waals surface area contributed by atoms with Gasteiger partial charge in [0.05, 0.1) is 0 Å². The molecule has 0 saturated heterocycles. The summed E-state index contributed by atoms with van der Waals surface area (Å²) in [6.45, 7) is -1.51. The average molecular weight is 553 g/mol. The molecule has 0 heterocycles. The Bertz CT molecular complexity index is 1240. The topological polar surface area (TPSA) is 43.4 Å². The van der Waals surface area contributed by atoms with Gasteiger partial charge in [-0.3, -0.25) is 0 Å². The summed E-state index contributed by atoms with van der Waals surface area (Å²) in [5, 5.41) is 2.80. The molecule has 0 radical (unpaired) electrons. The van der Waals surface area contributed by atoms with E-state index in [2.05, 4.69) is 55.2 Å². The van der Waals surface area contributed by atoms with E-state index in [9.17, 15) is 8.42 Å². The van der Waals surface area contributed by atoms with Crippen molar-refractivity contribution in [2.24, 2.45) is 0 Å². The number of rotatable bonds is 9. The van der Waals surface area contributed by atoms with Crippen LogP contribution in [0.4, 0.5) is 0 Å². The van der Waals surface area contributed by atoms with Gasteiger partial charge in [-0.25, -0.2) is 0 Å². The molecule has 0 fully saturated rings. The zero-order chi connectivity index (χ0) is 24.1. The second-order valence-electron chi connectivity index (χ2n) is 8.68. The van der Waals surface area contributed by atoms with Gasteiger partial charge in [0.1, 0.15) is 0 Å². The molecule has 34 heavy (non-hydrogen) atoms. The molecule has 0 aliphatic rings. The van der Waals surface area contributed by atoms with Crippen molar-refractivity contribution in [2.45, 2.75) is 5.21 Å². The average Bonchev–Trinajstić information content (AvgIpc) is 2.86. The number of hydrogen-bond donors (Lipinski definition) is 0. The molecule has 4 aromatic carbocycles. The second kappa shape index (κ2) is 10.2. The minimum absolute atomic E-state index is 0.649. The van der Waals surface area contributed by atoms with Crippen molar-refractivity contribution in [3.63, 3.8) is 0 Å². The molecule has 0 aliphatic heterocycles. The normalized spacial score (nSPS) is 13.3. The van der Waals surface area contributed by atoms with Gasteiger partial charge in [0.25, 0.3) is 0 Å². The summed E-state index contributed by atoms with van der Waals surface area (Å²) in [5.41, 5.74) is 0. The molecule has 0 N–H and O–H groups in total. The molecular formula is C28H30AsO3PS. The van der Waals surface area contributed by atoms with Gasteiger partial charge in [-0.1, -0.05) is 0 Å². The van der Waals surface area contributed by atoms with Crippen LogP contribution in [0, 0.1) is 0 Å². The van der Waals surface area contributed by atoms with Gasteiger partial charge in [-0.05, 0) is 0 Å². The summed E-state index contributed by atoms with van der Waals surface area (Å²) in [7, 11) is -3.74. The summed E-state index contributed by atoms with van der Waals surface area (Å²) in [4.78, 5) is 0. The Morgan fingerprint density at radius 1 is 0.647 bits per heavy atom. The predicted octanol–water partition coefficient (Wildman–Crippen LogP) is 4.02. The SMILES string of the molecule is CS(=O)(=O)OP(C)(CC[As](c1ccccc1)c1ccccc1)(c1ccccc1)c1ccccc1. The molecule has 0 spiro atoms.